The van der Waals surface area contributed by atoms with Crippen molar-refractivity contribution in [3.05, 3.63) is 0 Å². The van der Waals surface area contributed by atoms with Crippen LogP contribution in [0.2, 0.25) is 0 Å². The van der Waals surface area contributed by atoms with Crippen LogP contribution in [0.5, 0.6) is 0 Å². The van der Waals surface area contributed by atoms with Crippen molar-refractivity contribution in [2.45, 2.75) is 71.0 Å². The Morgan fingerprint density at radius 2 is 1.71 bits per heavy atom. The molecule has 24 heavy (non-hydrogen) atoms. The number of ether oxygens (including phenoxy) is 2. The van der Waals surface area contributed by atoms with E-state index in [-0.39, 0.29) is 16.7 Å². The summed E-state index contributed by atoms with van der Waals surface area (Å²) in [4.78, 5) is 23.9. The predicted molar refractivity (Wildman–Crippen MR) is 100 cm³/mol. The van der Waals surface area contributed by atoms with Crippen LogP contribution in [0, 0.1) is 5.41 Å². The summed E-state index contributed by atoms with van der Waals surface area (Å²) in [6.45, 7) is 9.22. The highest BCUT2D eigenvalue weighted by Crippen LogP contribution is 2.45. The van der Waals surface area contributed by atoms with Crippen molar-refractivity contribution >= 4 is 23.7 Å². The van der Waals surface area contributed by atoms with Gasteiger partial charge in [-0.25, -0.2) is 0 Å². The summed E-state index contributed by atoms with van der Waals surface area (Å²) in [6, 6.07) is 0. The van der Waals surface area contributed by atoms with E-state index >= 15 is 0 Å². The molecule has 0 rings (SSSR count). The number of unbranched alkanes of at least 4 members (excludes halogenated alkanes) is 3. The van der Waals surface area contributed by atoms with Crippen LogP contribution in [0.1, 0.15) is 66.2 Å². The quantitative estimate of drug-likeness (QED) is 0.399. The van der Waals surface area contributed by atoms with Gasteiger partial charge < -0.3 is 15.2 Å². The average Bonchev–Trinajstić information content (AvgIpc) is 2.56. The molecular weight excluding hydrogens is 326 g/mol. The first-order chi connectivity index (χ1) is 11.2. The Balaban J connectivity index is 4.49. The number of nitrogens with two attached hydrogens (primary N) is 1. The van der Waals surface area contributed by atoms with Gasteiger partial charge in [0.25, 0.3) is 0 Å². The van der Waals surface area contributed by atoms with Crippen LogP contribution in [0.25, 0.3) is 0 Å². The molecule has 1 unspecified atom stereocenters. The van der Waals surface area contributed by atoms with Crippen molar-refractivity contribution in [2.75, 3.05) is 26.0 Å². The third-order valence-corrected chi connectivity index (χ3v) is 6.40. The molecule has 0 saturated heterocycles. The smallest absolute Gasteiger partial charge is 0.313 e. The van der Waals surface area contributed by atoms with E-state index in [1.54, 1.807) is 11.8 Å². The molecule has 0 spiro atoms. The topological polar surface area (TPSA) is 78.6 Å². The fraction of sp³-hybridized carbons (Fsp3) is 0.889. The van der Waals surface area contributed by atoms with Gasteiger partial charge in [0, 0.05) is 10.5 Å². The maximum absolute atomic E-state index is 12.6. The van der Waals surface area contributed by atoms with Crippen LogP contribution < -0.4 is 5.73 Å². The van der Waals surface area contributed by atoms with E-state index in [1.165, 1.54) is 7.11 Å². The Morgan fingerprint density at radius 3 is 2.25 bits per heavy atom. The zero-order valence-electron chi connectivity index (χ0n) is 16.0. The van der Waals surface area contributed by atoms with Gasteiger partial charge in [0.05, 0.1) is 25.6 Å². The highest BCUT2D eigenvalue weighted by molar-refractivity contribution is 8.00. The van der Waals surface area contributed by atoms with Crippen molar-refractivity contribution in [2.24, 2.45) is 11.1 Å². The summed E-state index contributed by atoms with van der Waals surface area (Å²) < 4.78 is 9.88. The van der Waals surface area contributed by atoms with Crippen LogP contribution >= 0.6 is 11.8 Å². The Bertz CT molecular complexity index is 387. The fourth-order valence-electron chi connectivity index (χ4n) is 2.39. The molecule has 0 saturated carbocycles. The molecule has 0 aliphatic carbocycles. The van der Waals surface area contributed by atoms with Crippen LogP contribution in [0.15, 0.2) is 0 Å². The molecule has 5 nitrogen and oxygen atoms in total. The molecule has 0 fully saturated rings. The minimum atomic E-state index is -0.592. The first-order valence-electron chi connectivity index (χ1n) is 8.83. The second kappa shape index (κ2) is 11.7. The van der Waals surface area contributed by atoms with E-state index in [9.17, 15) is 9.59 Å². The van der Waals surface area contributed by atoms with Crippen LogP contribution in [-0.4, -0.2) is 42.7 Å². The fourth-order valence-corrected chi connectivity index (χ4v) is 3.72. The molecule has 0 amide bonds. The molecular formula is C18H35NO4S. The van der Waals surface area contributed by atoms with E-state index in [0.29, 0.717) is 31.7 Å². The molecule has 0 radical (unpaired) electrons. The van der Waals surface area contributed by atoms with Crippen molar-refractivity contribution in [1.82, 2.24) is 0 Å². The van der Waals surface area contributed by atoms with Crippen molar-refractivity contribution in [3.63, 3.8) is 0 Å². The SMILES string of the molecule is CCC(C)(C(=O)OCCCCCCN)C(C)(C)SCCC(=O)OC. The van der Waals surface area contributed by atoms with Gasteiger partial charge >= 0.3 is 11.9 Å². The van der Waals surface area contributed by atoms with Crippen molar-refractivity contribution in [3.8, 4) is 0 Å². The Morgan fingerprint density at radius 1 is 1.08 bits per heavy atom. The molecule has 0 aliphatic rings. The van der Waals surface area contributed by atoms with Crippen LogP contribution in [-0.2, 0) is 19.1 Å². The normalized spacial score (nSPS) is 14.1. The molecule has 142 valence electrons. The van der Waals surface area contributed by atoms with Gasteiger partial charge in [-0.1, -0.05) is 19.8 Å². The lowest BCUT2D eigenvalue weighted by Crippen LogP contribution is -2.46. The molecule has 1 atom stereocenters. The second-order valence-electron chi connectivity index (χ2n) is 6.71. The summed E-state index contributed by atoms with van der Waals surface area (Å²) >= 11 is 1.62. The van der Waals surface area contributed by atoms with Gasteiger partial charge in [-0.2, -0.15) is 11.8 Å². The monoisotopic (exact) mass is 361 g/mol. The molecule has 6 heteroatoms. The summed E-state index contributed by atoms with van der Waals surface area (Å²) in [5.74, 6) is 0.248. The van der Waals surface area contributed by atoms with E-state index in [2.05, 4.69) is 4.74 Å². The lowest BCUT2D eigenvalue weighted by Gasteiger charge is -2.41. The maximum atomic E-state index is 12.6. The number of methoxy groups -OCH3 is 1. The Labute approximate surface area is 151 Å². The lowest BCUT2D eigenvalue weighted by molar-refractivity contribution is -0.157. The molecule has 0 aliphatic heterocycles. The van der Waals surface area contributed by atoms with Gasteiger partial charge in [0.1, 0.15) is 0 Å². The standard InChI is InChI=1S/C18H35NO4S/c1-6-18(4,16(21)23-13-10-8-7-9-12-19)17(2,3)24-14-11-15(20)22-5/h6-14,19H2,1-5H3. The number of rotatable bonds is 13. The number of thioether (sulfide) groups is 1. The Hall–Kier alpha value is -0.750. The number of carbonyl (C=O) groups is 2. The van der Waals surface area contributed by atoms with Gasteiger partial charge in [0.2, 0.25) is 0 Å². The minimum absolute atomic E-state index is 0.153. The predicted octanol–water partition coefficient (Wildman–Crippen LogP) is 3.54. The van der Waals surface area contributed by atoms with Gasteiger partial charge in [0.15, 0.2) is 0 Å². The highest BCUT2D eigenvalue weighted by atomic mass is 32.2. The van der Waals surface area contributed by atoms with E-state index in [1.807, 2.05) is 27.7 Å². The second-order valence-corrected chi connectivity index (χ2v) is 8.43. The maximum Gasteiger partial charge on any atom is 0.313 e. The molecule has 0 aromatic heterocycles. The van der Waals surface area contributed by atoms with E-state index < -0.39 is 5.41 Å². The van der Waals surface area contributed by atoms with Crippen molar-refractivity contribution < 1.29 is 19.1 Å². The third kappa shape index (κ3) is 7.43. The summed E-state index contributed by atoms with van der Waals surface area (Å²) in [5, 5.41) is 0. The van der Waals surface area contributed by atoms with Crippen LogP contribution in [0.3, 0.4) is 0 Å². The minimum Gasteiger partial charge on any atom is -0.469 e. The molecule has 0 aromatic rings. The highest BCUT2D eigenvalue weighted by Gasteiger charge is 2.47. The average molecular weight is 362 g/mol. The molecule has 0 heterocycles. The van der Waals surface area contributed by atoms with E-state index in [0.717, 1.165) is 25.7 Å². The first kappa shape index (κ1) is 23.2. The number of carbonyl (C=O) groups excluding carboxylic acids is 2. The molecule has 2 N–H and O–H groups in total. The zero-order chi connectivity index (χ0) is 18.6. The lowest BCUT2D eigenvalue weighted by atomic mass is 9.76. The summed E-state index contributed by atoms with van der Waals surface area (Å²) in [6.07, 6.45) is 5.04. The zero-order valence-corrected chi connectivity index (χ0v) is 16.8. The van der Waals surface area contributed by atoms with E-state index in [4.69, 9.17) is 10.5 Å². The molecule has 0 bridgehead atoms. The summed E-state index contributed by atoms with van der Waals surface area (Å²) in [7, 11) is 1.39. The first-order valence-corrected chi connectivity index (χ1v) is 9.81. The van der Waals surface area contributed by atoms with Gasteiger partial charge in [-0.05, 0) is 46.6 Å². The van der Waals surface area contributed by atoms with Gasteiger partial charge in [-0.3, -0.25) is 9.59 Å². The number of hydrogen-bond donors (Lipinski definition) is 1. The number of hydrogen-bond acceptors (Lipinski definition) is 6. The Kier molecular flexibility index (Phi) is 11.4. The largest absolute Gasteiger partial charge is 0.469 e. The van der Waals surface area contributed by atoms with Crippen molar-refractivity contribution in [1.29, 1.82) is 0 Å². The third-order valence-electron chi connectivity index (χ3n) is 4.81. The van der Waals surface area contributed by atoms with Gasteiger partial charge in [-0.15, -0.1) is 0 Å². The van der Waals surface area contributed by atoms with Crippen LogP contribution in [0.4, 0.5) is 0 Å². The summed E-state index contributed by atoms with van der Waals surface area (Å²) in [5.41, 5.74) is 4.87. The number of esters is 2. The molecule has 0 aromatic carbocycles.